The lowest BCUT2D eigenvalue weighted by atomic mass is 10.1. The van der Waals surface area contributed by atoms with Gasteiger partial charge in [-0.15, -0.1) is 0 Å². The van der Waals surface area contributed by atoms with Crippen LogP contribution in [0.2, 0.25) is 10.0 Å². The molecule has 0 bridgehead atoms. The topological polar surface area (TPSA) is 19.9 Å². The molecule has 2 rings (SSSR count). The molecule has 2 aromatic rings. The van der Waals surface area contributed by atoms with Crippen molar-refractivity contribution < 1.29 is 5.11 Å². The lowest BCUT2D eigenvalue weighted by Gasteiger charge is -2.00. The first-order valence-corrected chi connectivity index (χ1v) is 4.49. The van der Waals surface area contributed by atoms with Gasteiger partial charge in [-0.3, -0.25) is 5.11 Å². The van der Waals surface area contributed by atoms with Crippen molar-refractivity contribution in [1.82, 2.24) is 0 Å². The molecule has 0 atom stereocenters. The third-order valence-electron chi connectivity index (χ3n) is 1.88. The van der Waals surface area contributed by atoms with Crippen molar-refractivity contribution in [1.29, 1.82) is 0 Å². The molecular weight excluding hydrogens is 207 g/mol. The average molecular weight is 212 g/mol. The van der Waals surface area contributed by atoms with Crippen molar-refractivity contribution in [3.63, 3.8) is 0 Å². The SMILES string of the molecule is [O]c1ccc2cc(Cl)ccc2c1Cl. The Bertz CT molecular complexity index is 466. The summed E-state index contributed by atoms with van der Waals surface area (Å²) in [6.07, 6.45) is 0. The summed E-state index contributed by atoms with van der Waals surface area (Å²) >= 11 is 11.6. The standard InChI is InChI=1S/C10H5Cl2O/c11-7-2-3-8-6(5-7)1-4-9(13)10(8)12/h1-5H. The Kier molecular flexibility index (Phi) is 2.06. The van der Waals surface area contributed by atoms with Crippen LogP contribution < -0.4 is 0 Å². The van der Waals surface area contributed by atoms with E-state index in [-0.39, 0.29) is 10.8 Å². The summed E-state index contributed by atoms with van der Waals surface area (Å²) in [5, 5.41) is 13.7. The van der Waals surface area contributed by atoms with Crippen LogP contribution in [0.5, 0.6) is 5.75 Å². The Morgan fingerprint density at radius 1 is 1.00 bits per heavy atom. The number of benzene rings is 2. The first kappa shape index (κ1) is 8.67. The van der Waals surface area contributed by atoms with Gasteiger partial charge in [0.1, 0.15) is 0 Å². The Balaban J connectivity index is 2.87. The van der Waals surface area contributed by atoms with Gasteiger partial charge in [0, 0.05) is 10.4 Å². The average Bonchev–Trinajstić information content (AvgIpc) is 2.12. The van der Waals surface area contributed by atoms with E-state index in [9.17, 15) is 5.11 Å². The maximum Gasteiger partial charge on any atom is 0.197 e. The first-order valence-electron chi connectivity index (χ1n) is 3.73. The molecule has 0 aliphatic rings. The highest BCUT2D eigenvalue weighted by Gasteiger charge is 2.05. The Morgan fingerprint density at radius 2 is 1.77 bits per heavy atom. The van der Waals surface area contributed by atoms with E-state index < -0.39 is 0 Å². The second kappa shape index (κ2) is 3.09. The fourth-order valence-electron chi connectivity index (χ4n) is 1.24. The fraction of sp³-hybridized carbons (Fsp3) is 0. The Hall–Kier alpha value is -0.920. The molecule has 0 spiro atoms. The summed E-state index contributed by atoms with van der Waals surface area (Å²) in [6, 6.07) is 8.41. The van der Waals surface area contributed by atoms with Crippen LogP contribution in [-0.2, 0) is 5.11 Å². The van der Waals surface area contributed by atoms with E-state index in [1.54, 1.807) is 24.3 Å². The van der Waals surface area contributed by atoms with Gasteiger partial charge >= 0.3 is 0 Å². The van der Waals surface area contributed by atoms with Crippen molar-refractivity contribution in [2.24, 2.45) is 0 Å². The minimum absolute atomic E-state index is 0.156. The molecule has 1 radical (unpaired) electrons. The summed E-state index contributed by atoms with van der Waals surface area (Å²) in [4.78, 5) is 0. The third-order valence-corrected chi connectivity index (χ3v) is 2.51. The van der Waals surface area contributed by atoms with Crippen molar-refractivity contribution in [3.8, 4) is 5.75 Å². The molecule has 65 valence electrons. The molecule has 13 heavy (non-hydrogen) atoms. The van der Waals surface area contributed by atoms with Crippen LogP contribution in [0.4, 0.5) is 0 Å². The van der Waals surface area contributed by atoms with Crippen molar-refractivity contribution in [2.75, 3.05) is 0 Å². The highest BCUT2D eigenvalue weighted by molar-refractivity contribution is 6.37. The van der Waals surface area contributed by atoms with Gasteiger partial charge in [-0.25, -0.2) is 0 Å². The summed E-state index contributed by atoms with van der Waals surface area (Å²) in [5.74, 6) is -0.156. The molecule has 0 aliphatic carbocycles. The maximum atomic E-state index is 11.2. The van der Waals surface area contributed by atoms with Crippen molar-refractivity contribution in [3.05, 3.63) is 40.4 Å². The number of fused-ring (bicyclic) bond motifs is 1. The molecule has 0 aromatic heterocycles. The molecule has 0 fully saturated rings. The van der Waals surface area contributed by atoms with E-state index in [1.165, 1.54) is 6.07 Å². The second-order valence-corrected chi connectivity index (χ2v) is 3.56. The van der Waals surface area contributed by atoms with Crippen LogP contribution in [0.25, 0.3) is 10.8 Å². The molecule has 1 nitrogen and oxygen atoms in total. The number of hydrogen-bond donors (Lipinski definition) is 0. The van der Waals surface area contributed by atoms with Gasteiger partial charge in [0.15, 0.2) is 5.75 Å². The second-order valence-electron chi connectivity index (χ2n) is 2.74. The van der Waals surface area contributed by atoms with Gasteiger partial charge in [0.05, 0.1) is 5.02 Å². The van der Waals surface area contributed by atoms with Gasteiger partial charge in [0.2, 0.25) is 0 Å². The Morgan fingerprint density at radius 3 is 2.54 bits per heavy atom. The largest absolute Gasteiger partial charge is 0.288 e. The monoisotopic (exact) mass is 211 g/mol. The van der Waals surface area contributed by atoms with Gasteiger partial charge in [-0.2, -0.15) is 0 Å². The zero-order valence-corrected chi connectivity index (χ0v) is 8.06. The molecule has 2 aromatic carbocycles. The van der Waals surface area contributed by atoms with Crippen LogP contribution in [0, 0.1) is 0 Å². The third kappa shape index (κ3) is 1.45. The highest BCUT2D eigenvalue weighted by Crippen LogP contribution is 2.33. The van der Waals surface area contributed by atoms with Crippen LogP contribution in [0.15, 0.2) is 30.3 Å². The predicted molar refractivity (Wildman–Crippen MR) is 54.1 cm³/mol. The minimum atomic E-state index is -0.156. The Labute approximate surface area is 85.5 Å². The van der Waals surface area contributed by atoms with Crippen molar-refractivity contribution in [2.45, 2.75) is 0 Å². The lowest BCUT2D eigenvalue weighted by Crippen LogP contribution is -1.74. The molecular formula is C10H5Cl2O. The minimum Gasteiger partial charge on any atom is -0.288 e. The van der Waals surface area contributed by atoms with E-state index in [4.69, 9.17) is 23.2 Å². The molecule has 0 amide bonds. The maximum absolute atomic E-state index is 11.2. The summed E-state index contributed by atoms with van der Waals surface area (Å²) < 4.78 is 0. The summed E-state index contributed by atoms with van der Waals surface area (Å²) in [6.45, 7) is 0. The number of halogens is 2. The van der Waals surface area contributed by atoms with Crippen LogP contribution in [0.3, 0.4) is 0 Å². The molecule has 0 heterocycles. The van der Waals surface area contributed by atoms with E-state index in [2.05, 4.69) is 0 Å². The van der Waals surface area contributed by atoms with E-state index in [0.29, 0.717) is 5.02 Å². The fourth-order valence-corrected chi connectivity index (χ4v) is 1.66. The molecule has 0 aliphatic heterocycles. The zero-order chi connectivity index (χ0) is 9.42. The first-order chi connectivity index (χ1) is 6.18. The molecule has 0 unspecified atom stereocenters. The molecule has 3 heteroatoms. The number of hydrogen-bond acceptors (Lipinski definition) is 0. The van der Waals surface area contributed by atoms with Crippen molar-refractivity contribution >= 4 is 34.0 Å². The van der Waals surface area contributed by atoms with Gasteiger partial charge in [-0.1, -0.05) is 35.3 Å². The molecule has 0 saturated carbocycles. The number of rotatable bonds is 0. The van der Waals surface area contributed by atoms with Gasteiger partial charge in [0.25, 0.3) is 0 Å². The molecule has 0 N–H and O–H groups in total. The summed E-state index contributed by atoms with van der Waals surface area (Å²) in [7, 11) is 0. The normalized spacial score (nSPS) is 10.6. The highest BCUT2D eigenvalue weighted by atomic mass is 35.5. The summed E-state index contributed by atoms with van der Waals surface area (Å²) in [5.41, 5.74) is 0. The van der Waals surface area contributed by atoms with Crippen LogP contribution >= 0.6 is 23.2 Å². The predicted octanol–water partition coefficient (Wildman–Crippen LogP) is 4.29. The zero-order valence-electron chi connectivity index (χ0n) is 6.55. The lowest BCUT2D eigenvalue weighted by molar-refractivity contribution is 0.356. The van der Waals surface area contributed by atoms with E-state index >= 15 is 0 Å². The van der Waals surface area contributed by atoms with Crippen LogP contribution in [-0.4, -0.2) is 0 Å². The quantitative estimate of drug-likeness (QED) is 0.620. The molecule has 0 saturated heterocycles. The van der Waals surface area contributed by atoms with Gasteiger partial charge in [-0.05, 0) is 23.6 Å². The van der Waals surface area contributed by atoms with Crippen LogP contribution in [0.1, 0.15) is 0 Å². The smallest absolute Gasteiger partial charge is 0.197 e. The van der Waals surface area contributed by atoms with E-state index in [0.717, 1.165) is 10.8 Å². The van der Waals surface area contributed by atoms with E-state index in [1.807, 2.05) is 0 Å². The van der Waals surface area contributed by atoms with Gasteiger partial charge < -0.3 is 0 Å².